The van der Waals surface area contributed by atoms with Gasteiger partial charge in [0.05, 0.1) is 40.3 Å². The van der Waals surface area contributed by atoms with E-state index in [-0.39, 0.29) is 17.9 Å². The number of carbonyl (C=O) groups excluding carboxylic acids is 2. The molecule has 0 bridgehead atoms. The van der Waals surface area contributed by atoms with Gasteiger partial charge in [-0.15, -0.1) is 11.3 Å². The number of nitrogens with one attached hydrogen (secondary N) is 3. The zero-order valence-electron chi connectivity index (χ0n) is 20.3. The second-order valence-electron chi connectivity index (χ2n) is 10.0. The third kappa shape index (κ3) is 4.87. The molecule has 3 aromatic heterocycles. The molecule has 5 rings (SSSR count). The van der Waals surface area contributed by atoms with Crippen molar-refractivity contribution in [3.63, 3.8) is 0 Å². The van der Waals surface area contributed by atoms with Gasteiger partial charge in [-0.3, -0.25) is 9.59 Å². The maximum absolute atomic E-state index is 13.1. The Labute approximate surface area is 207 Å². The summed E-state index contributed by atoms with van der Waals surface area (Å²) in [4.78, 5) is 34.2. The molecule has 0 saturated carbocycles. The second kappa shape index (κ2) is 8.97. The fourth-order valence-corrected chi connectivity index (χ4v) is 5.48. The second-order valence-corrected chi connectivity index (χ2v) is 11.0. The Morgan fingerprint density at radius 3 is 2.77 bits per heavy atom. The molecule has 1 atom stereocenters. The van der Waals surface area contributed by atoms with E-state index in [4.69, 9.17) is 0 Å². The number of amides is 2. The Kier molecular flexibility index (Phi) is 5.97. The summed E-state index contributed by atoms with van der Waals surface area (Å²) in [5, 5.41) is 13.4. The van der Waals surface area contributed by atoms with Crippen molar-refractivity contribution in [1.82, 2.24) is 40.0 Å². The van der Waals surface area contributed by atoms with Gasteiger partial charge in [0.2, 0.25) is 0 Å². The summed E-state index contributed by atoms with van der Waals surface area (Å²) in [7, 11) is 1.91. The summed E-state index contributed by atoms with van der Waals surface area (Å²) < 4.78 is 3.57. The van der Waals surface area contributed by atoms with Gasteiger partial charge in [-0.2, -0.15) is 5.10 Å². The number of carbonyl (C=O) groups is 2. The van der Waals surface area contributed by atoms with Crippen molar-refractivity contribution in [3.05, 3.63) is 54.0 Å². The van der Waals surface area contributed by atoms with Crippen molar-refractivity contribution in [2.45, 2.75) is 26.8 Å². The number of fused-ring (bicyclic) bond motifs is 1. The molecule has 35 heavy (non-hydrogen) atoms. The quantitative estimate of drug-likeness (QED) is 0.462. The Hall–Kier alpha value is -3.44. The van der Waals surface area contributed by atoms with Gasteiger partial charge >= 0.3 is 0 Å². The van der Waals surface area contributed by atoms with Gasteiger partial charge in [0, 0.05) is 57.5 Å². The topological polar surface area (TPSA) is 109 Å². The molecule has 3 N–H and O–H groups in total. The number of imidazole rings is 1. The van der Waals surface area contributed by atoms with Crippen molar-refractivity contribution in [1.29, 1.82) is 0 Å². The maximum atomic E-state index is 13.1. The molecule has 0 aromatic carbocycles. The van der Waals surface area contributed by atoms with Gasteiger partial charge in [-0.1, -0.05) is 13.8 Å². The summed E-state index contributed by atoms with van der Waals surface area (Å²) in [6.45, 7) is 9.94. The predicted molar refractivity (Wildman–Crippen MR) is 135 cm³/mol. The highest BCUT2D eigenvalue weighted by molar-refractivity contribution is 7.21. The van der Waals surface area contributed by atoms with E-state index >= 15 is 0 Å². The van der Waals surface area contributed by atoms with Gasteiger partial charge in [-0.25, -0.2) is 9.50 Å². The van der Waals surface area contributed by atoms with Crippen LogP contribution in [-0.2, 0) is 11.8 Å². The summed E-state index contributed by atoms with van der Waals surface area (Å²) in [6.07, 6.45) is 10.5. The molecule has 1 unspecified atom stereocenters. The van der Waals surface area contributed by atoms with Crippen LogP contribution in [0.5, 0.6) is 0 Å². The number of rotatable bonds is 7. The van der Waals surface area contributed by atoms with E-state index in [0.29, 0.717) is 28.8 Å². The number of aryl methyl sites for hydroxylation is 1. The van der Waals surface area contributed by atoms with Gasteiger partial charge in [-0.05, 0) is 18.4 Å². The highest BCUT2D eigenvalue weighted by Crippen LogP contribution is 2.30. The number of hydrogen-bond acceptors (Lipinski definition) is 7. The van der Waals surface area contributed by atoms with Crippen molar-refractivity contribution in [2.75, 3.05) is 26.2 Å². The molecule has 1 saturated heterocycles. The molecule has 0 radical (unpaired) electrons. The molecular weight excluding hydrogens is 464 g/mol. The first-order chi connectivity index (χ1) is 16.7. The highest BCUT2D eigenvalue weighted by Gasteiger charge is 2.33. The first-order valence-corrected chi connectivity index (χ1v) is 12.5. The van der Waals surface area contributed by atoms with Crippen molar-refractivity contribution >= 4 is 28.0 Å². The van der Waals surface area contributed by atoms with Gasteiger partial charge in [0.15, 0.2) is 0 Å². The van der Waals surface area contributed by atoms with Crippen LogP contribution in [0.4, 0.5) is 0 Å². The maximum Gasteiger partial charge on any atom is 0.260 e. The van der Waals surface area contributed by atoms with Crippen LogP contribution in [-0.4, -0.2) is 68.1 Å². The lowest BCUT2D eigenvalue weighted by Gasteiger charge is -2.45. The van der Waals surface area contributed by atoms with E-state index in [1.54, 1.807) is 29.3 Å². The van der Waals surface area contributed by atoms with Crippen LogP contribution in [0.25, 0.3) is 15.4 Å². The number of dihydropyridines is 1. The third-order valence-corrected chi connectivity index (χ3v) is 7.34. The van der Waals surface area contributed by atoms with E-state index in [9.17, 15) is 9.59 Å². The van der Waals surface area contributed by atoms with E-state index in [1.807, 2.05) is 30.9 Å². The number of hydrogen-bond donors (Lipinski definition) is 3. The van der Waals surface area contributed by atoms with Crippen LogP contribution in [0.15, 0.2) is 48.5 Å². The van der Waals surface area contributed by atoms with Gasteiger partial charge < -0.3 is 25.4 Å². The van der Waals surface area contributed by atoms with Gasteiger partial charge in [0.25, 0.3) is 11.8 Å². The predicted octanol–water partition coefficient (Wildman–Crippen LogP) is 1.74. The average Bonchev–Trinajstić information content (AvgIpc) is 3.49. The zero-order chi connectivity index (χ0) is 24.7. The molecule has 3 aromatic rings. The Morgan fingerprint density at radius 2 is 2.06 bits per heavy atom. The summed E-state index contributed by atoms with van der Waals surface area (Å²) in [5.74, 6) is -0.432. The van der Waals surface area contributed by atoms with E-state index in [2.05, 4.69) is 44.8 Å². The zero-order valence-corrected chi connectivity index (χ0v) is 21.1. The minimum atomic E-state index is -0.267. The molecule has 1 fully saturated rings. The smallest absolute Gasteiger partial charge is 0.260 e. The molecule has 2 amide bonds. The minimum absolute atomic E-state index is 0.141. The lowest BCUT2D eigenvalue weighted by molar-refractivity contribution is -0.117. The normalized spacial score (nSPS) is 19.5. The Bertz CT molecular complexity index is 1340. The average molecular weight is 495 g/mol. The van der Waals surface area contributed by atoms with Crippen LogP contribution in [0.1, 0.15) is 31.1 Å². The Morgan fingerprint density at radius 1 is 1.26 bits per heavy atom. The number of likely N-dealkylation sites (tertiary alicyclic amines) is 1. The van der Waals surface area contributed by atoms with E-state index in [0.717, 1.165) is 35.0 Å². The lowest BCUT2D eigenvalue weighted by atomic mass is 9.84. The third-order valence-electron chi connectivity index (χ3n) is 6.20. The Balaban J connectivity index is 1.23. The standard InChI is InChI=1S/C24H30N8O2S/c1-15-18(7-16(8-26-15)21(33)25-5-6-31-12-24(2,3)13-31)29-22(34)17-9-28-32-11-20(35-23(17)32)19-10-30(4)14-27-19/h7-11,14-15,26H,5-6,12-13H2,1-4H3,(H,25,33)(H,29,34). The molecule has 2 aliphatic rings. The van der Waals surface area contributed by atoms with Crippen LogP contribution in [0.2, 0.25) is 0 Å². The fraction of sp³-hybridized carbons (Fsp3) is 0.417. The SMILES string of the molecule is CC1NC=C(C(=O)NCCN2CC(C)(C)C2)C=C1NC(=O)c1cnn2cc(-c3cn(C)cn3)sc12. The van der Waals surface area contributed by atoms with E-state index in [1.165, 1.54) is 11.3 Å². The van der Waals surface area contributed by atoms with Crippen LogP contribution >= 0.6 is 11.3 Å². The van der Waals surface area contributed by atoms with Crippen molar-refractivity contribution in [3.8, 4) is 10.6 Å². The highest BCUT2D eigenvalue weighted by atomic mass is 32.1. The van der Waals surface area contributed by atoms with Crippen molar-refractivity contribution in [2.24, 2.45) is 12.5 Å². The fourth-order valence-electron chi connectivity index (χ4n) is 4.47. The van der Waals surface area contributed by atoms with Crippen LogP contribution < -0.4 is 16.0 Å². The monoisotopic (exact) mass is 494 g/mol. The summed E-state index contributed by atoms with van der Waals surface area (Å²) >= 11 is 1.46. The summed E-state index contributed by atoms with van der Waals surface area (Å²) in [6, 6.07) is -0.141. The number of nitrogens with zero attached hydrogens (tertiary/aromatic N) is 5. The molecule has 0 spiro atoms. The van der Waals surface area contributed by atoms with Crippen molar-refractivity contribution < 1.29 is 9.59 Å². The molecule has 184 valence electrons. The van der Waals surface area contributed by atoms with Crippen LogP contribution in [0.3, 0.4) is 0 Å². The lowest BCUT2D eigenvalue weighted by Crippen LogP contribution is -2.54. The molecular formula is C24H30N8O2S. The van der Waals surface area contributed by atoms with Gasteiger partial charge in [0.1, 0.15) is 4.83 Å². The minimum Gasteiger partial charge on any atom is -0.382 e. The van der Waals surface area contributed by atoms with Crippen LogP contribution in [0, 0.1) is 5.41 Å². The molecule has 2 aliphatic heterocycles. The number of aromatic nitrogens is 4. The summed E-state index contributed by atoms with van der Waals surface area (Å²) in [5.41, 5.74) is 2.80. The molecule has 5 heterocycles. The molecule has 11 heteroatoms. The first kappa shape index (κ1) is 23.3. The van der Waals surface area contributed by atoms with E-state index < -0.39 is 0 Å². The molecule has 10 nitrogen and oxygen atoms in total. The largest absolute Gasteiger partial charge is 0.382 e. The first-order valence-electron chi connectivity index (χ1n) is 11.6. The molecule has 0 aliphatic carbocycles. The number of thiazole rings is 1.